The third-order valence-electron chi connectivity index (χ3n) is 2.29. The largest absolute Gasteiger partial charge is 0.197 e. The molecule has 0 aliphatic carbocycles. The summed E-state index contributed by atoms with van der Waals surface area (Å²) >= 11 is 7.72. The summed E-state index contributed by atoms with van der Waals surface area (Å²) in [6.07, 6.45) is 0. The second-order valence-electron chi connectivity index (χ2n) is 3.34. The van der Waals surface area contributed by atoms with Crippen molar-refractivity contribution in [1.82, 2.24) is 20.2 Å². The van der Waals surface area contributed by atoms with Crippen LogP contribution in [0.25, 0.3) is 16.4 Å². The Labute approximate surface area is 106 Å². The van der Waals surface area contributed by atoms with Crippen LogP contribution >= 0.6 is 22.9 Å². The van der Waals surface area contributed by atoms with Crippen LogP contribution in [0, 0.1) is 0 Å². The number of benzene rings is 1. The minimum Gasteiger partial charge on any atom is -0.190 e. The monoisotopic (exact) mass is 262 g/mol. The predicted molar refractivity (Wildman–Crippen MR) is 67.5 cm³/mol. The van der Waals surface area contributed by atoms with E-state index in [9.17, 15) is 0 Å². The van der Waals surface area contributed by atoms with Crippen LogP contribution in [0.15, 0.2) is 41.8 Å². The van der Waals surface area contributed by atoms with E-state index >= 15 is 0 Å². The summed E-state index contributed by atoms with van der Waals surface area (Å²) in [5.74, 6) is 0.702. The first-order valence-corrected chi connectivity index (χ1v) is 6.19. The summed E-state index contributed by atoms with van der Waals surface area (Å²) in [4.78, 5) is 1.01. The van der Waals surface area contributed by atoms with Gasteiger partial charge in [-0.3, -0.25) is 0 Å². The van der Waals surface area contributed by atoms with E-state index in [1.165, 1.54) is 0 Å². The highest BCUT2D eigenvalue weighted by atomic mass is 35.5. The summed E-state index contributed by atoms with van der Waals surface area (Å²) in [6.45, 7) is 0. The summed E-state index contributed by atoms with van der Waals surface area (Å²) < 4.78 is 1.65. The minimum atomic E-state index is 0.623. The molecular formula is C11H7ClN4S. The lowest BCUT2D eigenvalue weighted by Crippen LogP contribution is -1.99. The molecular weight excluding hydrogens is 256 g/mol. The number of para-hydroxylation sites is 1. The smallest absolute Gasteiger partial charge is 0.190 e. The third-order valence-corrected chi connectivity index (χ3v) is 3.48. The Hall–Kier alpha value is -1.72. The average Bonchev–Trinajstić information content (AvgIpc) is 3.00. The number of halogens is 1. The van der Waals surface area contributed by atoms with Crippen LogP contribution in [0.3, 0.4) is 0 Å². The summed E-state index contributed by atoms with van der Waals surface area (Å²) in [6, 6.07) is 11.4. The number of hydrogen-bond acceptors (Lipinski definition) is 4. The van der Waals surface area contributed by atoms with Crippen LogP contribution in [0.2, 0.25) is 5.02 Å². The van der Waals surface area contributed by atoms with Gasteiger partial charge < -0.3 is 0 Å². The second-order valence-corrected chi connectivity index (χ2v) is 4.70. The molecule has 17 heavy (non-hydrogen) atoms. The van der Waals surface area contributed by atoms with Gasteiger partial charge in [-0.1, -0.05) is 29.8 Å². The molecule has 0 radical (unpaired) electrons. The second kappa shape index (κ2) is 4.27. The molecule has 1 aromatic carbocycles. The molecule has 4 nitrogen and oxygen atoms in total. The number of aromatic nitrogens is 4. The van der Waals surface area contributed by atoms with E-state index in [2.05, 4.69) is 15.5 Å². The van der Waals surface area contributed by atoms with Crippen LogP contribution in [-0.2, 0) is 0 Å². The van der Waals surface area contributed by atoms with Gasteiger partial charge in [-0.25, -0.2) is 0 Å². The van der Waals surface area contributed by atoms with E-state index in [4.69, 9.17) is 11.6 Å². The Morgan fingerprint density at radius 3 is 2.76 bits per heavy atom. The molecule has 0 saturated heterocycles. The average molecular weight is 263 g/mol. The normalized spacial score (nSPS) is 10.6. The zero-order valence-electron chi connectivity index (χ0n) is 8.62. The summed E-state index contributed by atoms with van der Waals surface area (Å²) in [7, 11) is 0. The number of hydrogen-bond donors (Lipinski definition) is 0. The molecule has 6 heteroatoms. The van der Waals surface area contributed by atoms with Gasteiger partial charge in [0.15, 0.2) is 5.82 Å². The Morgan fingerprint density at radius 2 is 2.00 bits per heavy atom. The van der Waals surface area contributed by atoms with E-state index in [0.717, 1.165) is 10.6 Å². The SMILES string of the molecule is Clc1ccccc1-n1nnnc1-c1cccs1. The molecule has 0 unspecified atom stereocenters. The molecule has 84 valence electrons. The molecule has 2 aromatic heterocycles. The van der Waals surface area contributed by atoms with Crippen molar-refractivity contribution < 1.29 is 0 Å². The fourth-order valence-corrected chi connectivity index (χ4v) is 2.44. The molecule has 3 aromatic rings. The molecule has 0 N–H and O–H groups in total. The van der Waals surface area contributed by atoms with Gasteiger partial charge in [0.1, 0.15) is 0 Å². The highest BCUT2D eigenvalue weighted by Gasteiger charge is 2.13. The van der Waals surface area contributed by atoms with Crippen LogP contribution in [0.1, 0.15) is 0 Å². The maximum atomic E-state index is 6.14. The summed E-state index contributed by atoms with van der Waals surface area (Å²) in [5.41, 5.74) is 0.780. The molecule has 0 saturated carbocycles. The van der Waals surface area contributed by atoms with Crippen LogP contribution in [0.5, 0.6) is 0 Å². The quantitative estimate of drug-likeness (QED) is 0.713. The molecule has 3 rings (SSSR count). The van der Waals surface area contributed by atoms with Crippen LogP contribution in [-0.4, -0.2) is 20.2 Å². The van der Waals surface area contributed by atoms with Crippen molar-refractivity contribution in [1.29, 1.82) is 0 Å². The number of tetrazole rings is 1. The number of nitrogens with zero attached hydrogens (tertiary/aromatic N) is 4. The Balaban J connectivity index is 2.17. The van der Waals surface area contributed by atoms with Crippen molar-refractivity contribution in [3.8, 4) is 16.4 Å². The van der Waals surface area contributed by atoms with Gasteiger partial charge in [-0.15, -0.1) is 16.4 Å². The molecule has 0 atom stereocenters. The fraction of sp³-hybridized carbons (Fsp3) is 0. The van der Waals surface area contributed by atoms with Crippen molar-refractivity contribution in [2.24, 2.45) is 0 Å². The minimum absolute atomic E-state index is 0.623. The topological polar surface area (TPSA) is 43.6 Å². The molecule has 0 amide bonds. The van der Waals surface area contributed by atoms with Gasteiger partial charge in [0.2, 0.25) is 0 Å². The predicted octanol–water partition coefficient (Wildman–Crippen LogP) is 3.04. The molecule has 2 heterocycles. The Kier molecular flexibility index (Phi) is 2.62. The lowest BCUT2D eigenvalue weighted by Gasteiger charge is -2.04. The zero-order valence-corrected chi connectivity index (χ0v) is 10.2. The van der Waals surface area contributed by atoms with Crippen LogP contribution in [0.4, 0.5) is 0 Å². The highest BCUT2D eigenvalue weighted by Crippen LogP contribution is 2.26. The standard InChI is InChI=1S/C11H7ClN4S/c12-8-4-1-2-5-9(8)16-11(13-14-15-16)10-6-3-7-17-10/h1-7H. The maximum Gasteiger partial charge on any atom is 0.197 e. The van der Waals surface area contributed by atoms with Crippen molar-refractivity contribution in [2.45, 2.75) is 0 Å². The molecule has 0 aliphatic rings. The van der Waals surface area contributed by atoms with E-state index in [-0.39, 0.29) is 0 Å². The van der Waals surface area contributed by atoms with Gasteiger partial charge in [0.25, 0.3) is 0 Å². The van der Waals surface area contributed by atoms with Crippen LogP contribution < -0.4 is 0 Å². The first-order valence-electron chi connectivity index (χ1n) is 4.93. The Bertz CT molecular complexity index is 632. The zero-order chi connectivity index (χ0) is 11.7. The first kappa shape index (κ1) is 10.4. The third kappa shape index (κ3) is 1.83. The Morgan fingerprint density at radius 1 is 1.12 bits per heavy atom. The van der Waals surface area contributed by atoms with E-state index in [1.54, 1.807) is 16.0 Å². The lowest BCUT2D eigenvalue weighted by molar-refractivity contribution is 0.791. The van der Waals surface area contributed by atoms with E-state index in [1.807, 2.05) is 41.8 Å². The molecule has 0 spiro atoms. The molecule has 0 aliphatic heterocycles. The van der Waals surface area contributed by atoms with Gasteiger partial charge in [0.05, 0.1) is 15.6 Å². The van der Waals surface area contributed by atoms with Gasteiger partial charge in [-0.2, -0.15) is 4.68 Å². The number of thiophene rings is 1. The molecule has 0 fully saturated rings. The van der Waals surface area contributed by atoms with Gasteiger partial charge >= 0.3 is 0 Å². The van der Waals surface area contributed by atoms with Gasteiger partial charge in [0, 0.05) is 0 Å². The molecule has 0 bridgehead atoms. The maximum absolute atomic E-state index is 6.14. The van der Waals surface area contributed by atoms with Crippen molar-refractivity contribution in [3.05, 3.63) is 46.8 Å². The summed E-state index contributed by atoms with van der Waals surface area (Å²) in [5, 5.41) is 14.3. The highest BCUT2D eigenvalue weighted by molar-refractivity contribution is 7.13. The lowest BCUT2D eigenvalue weighted by atomic mass is 10.3. The van der Waals surface area contributed by atoms with E-state index < -0.39 is 0 Å². The van der Waals surface area contributed by atoms with Crippen molar-refractivity contribution in [3.63, 3.8) is 0 Å². The first-order chi connectivity index (χ1) is 8.36. The van der Waals surface area contributed by atoms with Gasteiger partial charge in [-0.05, 0) is 34.0 Å². The van der Waals surface area contributed by atoms with Crippen molar-refractivity contribution >= 4 is 22.9 Å². The number of rotatable bonds is 2. The van der Waals surface area contributed by atoms with Crippen molar-refractivity contribution in [2.75, 3.05) is 0 Å². The van der Waals surface area contributed by atoms with E-state index in [0.29, 0.717) is 10.8 Å². The fourth-order valence-electron chi connectivity index (χ4n) is 1.53.